The van der Waals surface area contributed by atoms with Crippen molar-refractivity contribution in [3.63, 3.8) is 0 Å². The minimum absolute atomic E-state index is 0.584. The van der Waals surface area contributed by atoms with E-state index in [1.54, 1.807) is 0 Å². The van der Waals surface area contributed by atoms with Gasteiger partial charge in [0.15, 0.2) is 0 Å². The van der Waals surface area contributed by atoms with Crippen molar-refractivity contribution in [3.05, 3.63) is 58.6 Å². The highest BCUT2D eigenvalue weighted by atomic mass is 79.9. The summed E-state index contributed by atoms with van der Waals surface area (Å²) < 4.78 is 1.08. The number of halogens is 1. The van der Waals surface area contributed by atoms with Crippen LogP contribution in [0.1, 0.15) is 5.56 Å². The van der Waals surface area contributed by atoms with Crippen molar-refractivity contribution in [1.82, 2.24) is 0 Å². The molecule has 0 aliphatic carbocycles. The summed E-state index contributed by atoms with van der Waals surface area (Å²) in [6.45, 7) is 0.584. The molecule has 0 fully saturated rings. The highest BCUT2D eigenvalue weighted by Gasteiger charge is 2.03. The third-order valence-corrected chi connectivity index (χ3v) is 3.25. The van der Waals surface area contributed by atoms with Gasteiger partial charge in [-0.1, -0.05) is 34.1 Å². The first kappa shape index (κ1) is 12.1. The van der Waals surface area contributed by atoms with Crippen molar-refractivity contribution in [2.24, 2.45) is 5.73 Å². The van der Waals surface area contributed by atoms with Crippen LogP contribution in [0.3, 0.4) is 0 Å². The second-order valence-electron chi connectivity index (χ2n) is 3.91. The van der Waals surface area contributed by atoms with Gasteiger partial charge in [-0.05, 0) is 35.9 Å². The molecule has 0 atom stereocenters. The summed E-state index contributed by atoms with van der Waals surface area (Å²) in [4.78, 5) is 2.14. The maximum absolute atomic E-state index is 5.59. The fourth-order valence-corrected chi connectivity index (χ4v) is 2.08. The molecule has 17 heavy (non-hydrogen) atoms. The molecule has 0 aromatic heterocycles. The monoisotopic (exact) mass is 290 g/mol. The first-order valence-electron chi connectivity index (χ1n) is 5.49. The molecule has 0 aliphatic rings. The van der Waals surface area contributed by atoms with E-state index in [1.807, 2.05) is 12.1 Å². The standard InChI is InChI=1S/C14H15BrN2/c1-17(14-4-2-3-12(15)9-14)13-7-5-11(10-16)6-8-13/h2-9H,10,16H2,1H3. The summed E-state index contributed by atoms with van der Waals surface area (Å²) in [5, 5.41) is 0. The van der Waals surface area contributed by atoms with E-state index in [-0.39, 0.29) is 0 Å². The summed E-state index contributed by atoms with van der Waals surface area (Å²) in [5.74, 6) is 0. The van der Waals surface area contributed by atoms with Gasteiger partial charge in [-0.15, -0.1) is 0 Å². The molecule has 0 bridgehead atoms. The summed E-state index contributed by atoms with van der Waals surface area (Å²) in [6.07, 6.45) is 0. The van der Waals surface area contributed by atoms with Gasteiger partial charge in [0, 0.05) is 29.4 Å². The predicted octanol–water partition coefficient (Wildman–Crippen LogP) is 3.68. The Hall–Kier alpha value is -1.32. The van der Waals surface area contributed by atoms with Crippen LogP contribution in [0.5, 0.6) is 0 Å². The second kappa shape index (κ2) is 5.34. The fourth-order valence-electron chi connectivity index (χ4n) is 1.69. The number of hydrogen-bond acceptors (Lipinski definition) is 2. The zero-order chi connectivity index (χ0) is 12.3. The van der Waals surface area contributed by atoms with Crippen LogP contribution in [0.4, 0.5) is 11.4 Å². The van der Waals surface area contributed by atoms with Gasteiger partial charge < -0.3 is 10.6 Å². The number of benzene rings is 2. The summed E-state index contributed by atoms with van der Waals surface area (Å²) in [5.41, 5.74) is 9.04. The lowest BCUT2D eigenvalue weighted by Gasteiger charge is -2.20. The lowest BCUT2D eigenvalue weighted by molar-refractivity contribution is 1.07. The van der Waals surface area contributed by atoms with E-state index < -0.39 is 0 Å². The molecular weight excluding hydrogens is 276 g/mol. The van der Waals surface area contributed by atoms with Crippen LogP contribution in [-0.4, -0.2) is 7.05 Å². The van der Waals surface area contributed by atoms with Crippen LogP contribution >= 0.6 is 15.9 Å². The molecule has 0 aliphatic heterocycles. The average molecular weight is 291 g/mol. The van der Waals surface area contributed by atoms with Crippen molar-refractivity contribution in [2.75, 3.05) is 11.9 Å². The van der Waals surface area contributed by atoms with Gasteiger partial charge in [0.1, 0.15) is 0 Å². The van der Waals surface area contributed by atoms with Gasteiger partial charge in [0.05, 0.1) is 0 Å². The third kappa shape index (κ3) is 2.87. The number of nitrogens with two attached hydrogens (primary N) is 1. The maximum Gasteiger partial charge on any atom is 0.0419 e. The van der Waals surface area contributed by atoms with E-state index in [2.05, 4.69) is 64.3 Å². The maximum atomic E-state index is 5.59. The Morgan fingerprint density at radius 3 is 2.35 bits per heavy atom. The van der Waals surface area contributed by atoms with Crippen molar-refractivity contribution in [1.29, 1.82) is 0 Å². The lowest BCUT2D eigenvalue weighted by atomic mass is 10.2. The minimum atomic E-state index is 0.584. The van der Waals surface area contributed by atoms with E-state index in [4.69, 9.17) is 5.73 Å². The lowest BCUT2D eigenvalue weighted by Crippen LogP contribution is -2.09. The Kier molecular flexibility index (Phi) is 3.82. The number of nitrogens with zero attached hydrogens (tertiary/aromatic N) is 1. The molecule has 0 unspecified atom stereocenters. The molecule has 2 aromatic rings. The van der Waals surface area contributed by atoms with E-state index >= 15 is 0 Å². The van der Waals surface area contributed by atoms with Crippen LogP contribution in [0, 0.1) is 0 Å². The van der Waals surface area contributed by atoms with Crippen LogP contribution < -0.4 is 10.6 Å². The molecule has 0 radical (unpaired) electrons. The molecule has 0 saturated carbocycles. The Balaban J connectivity index is 2.27. The topological polar surface area (TPSA) is 29.3 Å². The molecule has 2 N–H and O–H groups in total. The SMILES string of the molecule is CN(c1ccc(CN)cc1)c1cccc(Br)c1. The largest absolute Gasteiger partial charge is 0.345 e. The van der Waals surface area contributed by atoms with E-state index in [9.17, 15) is 0 Å². The zero-order valence-corrected chi connectivity index (χ0v) is 11.3. The van der Waals surface area contributed by atoms with Gasteiger partial charge in [0.2, 0.25) is 0 Å². The molecule has 0 spiro atoms. The van der Waals surface area contributed by atoms with Gasteiger partial charge in [-0.2, -0.15) is 0 Å². The van der Waals surface area contributed by atoms with Crippen LogP contribution in [0.2, 0.25) is 0 Å². The first-order valence-corrected chi connectivity index (χ1v) is 6.28. The van der Waals surface area contributed by atoms with Crippen LogP contribution in [0.15, 0.2) is 53.0 Å². The zero-order valence-electron chi connectivity index (χ0n) is 9.73. The molecule has 2 rings (SSSR count). The molecule has 2 aromatic carbocycles. The smallest absolute Gasteiger partial charge is 0.0419 e. The molecule has 3 heteroatoms. The highest BCUT2D eigenvalue weighted by molar-refractivity contribution is 9.10. The van der Waals surface area contributed by atoms with E-state index in [0.29, 0.717) is 6.54 Å². The first-order chi connectivity index (χ1) is 8.20. The average Bonchev–Trinajstić information content (AvgIpc) is 2.38. The van der Waals surface area contributed by atoms with Crippen molar-refractivity contribution >= 4 is 27.3 Å². The number of hydrogen-bond donors (Lipinski definition) is 1. The van der Waals surface area contributed by atoms with Crippen molar-refractivity contribution < 1.29 is 0 Å². The molecule has 0 heterocycles. The normalized spacial score (nSPS) is 10.3. The molecule has 88 valence electrons. The molecule has 0 saturated heterocycles. The Labute approximate surface area is 110 Å². The van der Waals surface area contributed by atoms with Gasteiger partial charge >= 0.3 is 0 Å². The summed E-state index contributed by atoms with van der Waals surface area (Å²) in [6, 6.07) is 16.5. The van der Waals surface area contributed by atoms with Gasteiger partial charge in [-0.25, -0.2) is 0 Å². The third-order valence-electron chi connectivity index (χ3n) is 2.75. The summed E-state index contributed by atoms with van der Waals surface area (Å²) >= 11 is 3.48. The minimum Gasteiger partial charge on any atom is -0.345 e. The van der Waals surface area contributed by atoms with Crippen LogP contribution in [-0.2, 0) is 6.54 Å². The van der Waals surface area contributed by atoms with Crippen molar-refractivity contribution in [2.45, 2.75) is 6.54 Å². The molecule has 0 amide bonds. The predicted molar refractivity (Wildman–Crippen MR) is 76.5 cm³/mol. The fraction of sp³-hybridized carbons (Fsp3) is 0.143. The number of anilines is 2. The Morgan fingerprint density at radius 1 is 1.06 bits per heavy atom. The molecule has 2 nitrogen and oxygen atoms in total. The van der Waals surface area contributed by atoms with Crippen molar-refractivity contribution in [3.8, 4) is 0 Å². The Morgan fingerprint density at radius 2 is 1.76 bits per heavy atom. The van der Waals surface area contributed by atoms with Gasteiger partial charge in [0.25, 0.3) is 0 Å². The molecular formula is C14H15BrN2. The number of rotatable bonds is 3. The summed E-state index contributed by atoms with van der Waals surface area (Å²) in [7, 11) is 2.05. The van der Waals surface area contributed by atoms with E-state index in [1.165, 1.54) is 0 Å². The van der Waals surface area contributed by atoms with Gasteiger partial charge in [-0.3, -0.25) is 0 Å². The second-order valence-corrected chi connectivity index (χ2v) is 4.83. The van der Waals surface area contributed by atoms with Crippen LogP contribution in [0.25, 0.3) is 0 Å². The quantitative estimate of drug-likeness (QED) is 0.934. The van der Waals surface area contributed by atoms with E-state index in [0.717, 1.165) is 21.4 Å². The highest BCUT2D eigenvalue weighted by Crippen LogP contribution is 2.26. The Bertz CT molecular complexity index is 494.